The number of amidine groups is 1. The van der Waals surface area contributed by atoms with Gasteiger partial charge >= 0.3 is 0 Å². The van der Waals surface area contributed by atoms with Crippen molar-refractivity contribution in [2.45, 2.75) is 25.9 Å². The van der Waals surface area contributed by atoms with Crippen molar-refractivity contribution in [1.82, 2.24) is 4.90 Å². The Kier molecular flexibility index (Phi) is 5.39. The van der Waals surface area contributed by atoms with Gasteiger partial charge < -0.3 is 10.6 Å². The number of hydrogen-bond donors (Lipinski definition) is 1. The average Bonchev–Trinajstić information content (AvgIpc) is 2.52. The van der Waals surface area contributed by atoms with Crippen molar-refractivity contribution in [3.63, 3.8) is 0 Å². The third-order valence-corrected chi connectivity index (χ3v) is 3.72. The van der Waals surface area contributed by atoms with E-state index >= 15 is 0 Å². The van der Waals surface area contributed by atoms with Gasteiger partial charge in [0.05, 0.1) is 0 Å². The van der Waals surface area contributed by atoms with Crippen LogP contribution in [0.2, 0.25) is 0 Å². The number of benzene rings is 1. The first-order valence-corrected chi connectivity index (χ1v) is 7.47. The van der Waals surface area contributed by atoms with Crippen LogP contribution in [-0.2, 0) is 6.54 Å². The zero-order valence-electron chi connectivity index (χ0n) is 12.5. The summed E-state index contributed by atoms with van der Waals surface area (Å²) in [6.07, 6.45) is 6.19. The predicted octanol–water partition coefficient (Wildman–Crippen LogP) is 3.93. The van der Waals surface area contributed by atoms with Crippen LogP contribution >= 0.6 is 11.6 Å². The summed E-state index contributed by atoms with van der Waals surface area (Å²) in [7, 11) is 0. The van der Waals surface area contributed by atoms with Gasteiger partial charge in [-0.2, -0.15) is 0 Å². The molecule has 0 radical (unpaired) electrons. The lowest BCUT2D eigenvalue weighted by Crippen LogP contribution is -2.41. The van der Waals surface area contributed by atoms with Gasteiger partial charge in [0.25, 0.3) is 0 Å². The van der Waals surface area contributed by atoms with Crippen molar-refractivity contribution in [2.75, 3.05) is 0 Å². The van der Waals surface area contributed by atoms with Crippen LogP contribution in [0.15, 0.2) is 64.9 Å². The summed E-state index contributed by atoms with van der Waals surface area (Å²) in [6, 6.07) is 6.61. The second kappa shape index (κ2) is 7.27. The Morgan fingerprint density at radius 3 is 2.73 bits per heavy atom. The first-order valence-electron chi connectivity index (χ1n) is 7.09. The molecule has 2 rings (SSSR count). The van der Waals surface area contributed by atoms with Crippen LogP contribution in [-0.4, -0.2) is 16.8 Å². The van der Waals surface area contributed by atoms with E-state index in [0.717, 1.165) is 17.6 Å². The fraction of sp³-hybridized carbons (Fsp3) is 0.235. The zero-order chi connectivity index (χ0) is 16.1. The van der Waals surface area contributed by atoms with E-state index in [1.165, 1.54) is 18.3 Å². The van der Waals surface area contributed by atoms with Gasteiger partial charge in [-0.05, 0) is 24.1 Å². The van der Waals surface area contributed by atoms with Crippen molar-refractivity contribution in [2.24, 2.45) is 10.7 Å². The topological polar surface area (TPSA) is 41.6 Å². The third kappa shape index (κ3) is 3.77. The van der Waals surface area contributed by atoms with Crippen LogP contribution in [0.4, 0.5) is 4.39 Å². The highest BCUT2D eigenvalue weighted by molar-refractivity contribution is 6.30. The third-order valence-electron chi connectivity index (χ3n) is 3.51. The smallest absolute Gasteiger partial charge is 0.146 e. The average molecular weight is 320 g/mol. The first kappa shape index (κ1) is 16.3. The maximum Gasteiger partial charge on any atom is 0.146 e. The molecule has 0 spiro atoms. The molecule has 1 unspecified atom stereocenters. The molecule has 0 fully saturated rings. The molecule has 1 aliphatic rings. The summed E-state index contributed by atoms with van der Waals surface area (Å²) in [5.74, 6) is 0.437. The molecule has 0 aromatic heterocycles. The summed E-state index contributed by atoms with van der Waals surface area (Å²) in [5, 5.41) is 0.213. The number of nitrogens with two attached hydrogens (primary N) is 1. The molecule has 0 amide bonds. The Balaban J connectivity index is 2.36. The number of halogens is 2. The maximum absolute atomic E-state index is 13.1. The Morgan fingerprint density at radius 1 is 1.45 bits per heavy atom. The van der Waals surface area contributed by atoms with E-state index < -0.39 is 0 Å². The van der Waals surface area contributed by atoms with Crippen molar-refractivity contribution >= 4 is 17.4 Å². The molecule has 0 saturated heterocycles. The van der Waals surface area contributed by atoms with Gasteiger partial charge in [-0.15, -0.1) is 0 Å². The van der Waals surface area contributed by atoms with E-state index in [1.54, 1.807) is 12.1 Å². The monoisotopic (exact) mass is 319 g/mol. The number of rotatable bonds is 4. The SMILES string of the molecule is C=C1C=CC(CC)N(Cc2ccc(F)cc2)C1=N/C(Cl)=C\N. The van der Waals surface area contributed by atoms with Crippen LogP contribution in [0.3, 0.4) is 0 Å². The molecule has 2 N–H and O–H groups in total. The van der Waals surface area contributed by atoms with Gasteiger partial charge in [0.15, 0.2) is 0 Å². The minimum Gasteiger partial charge on any atom is -0.402 e. The van der Waals surface area contributed by atoms with Crippen molar-refractivity contribution in [3.8, 4) is 0 Å². The normalized spacial score (nSPS) is 20.8. The molecule has 0 saturated carbocycles. The summed E-state index contributed by atoms with van der Waals surface area (Å²) in [5.41, 5.74) is 7.17. The second-order valence-corrected chi connectivity index (χ2v) is 5.43. The highest BCUT2D eigenvalue weighted by atomic mass is 35.5. The minimum atomic E-state index is -0.248. The molecule has 1 heterocycles. The molecule has 1 atom stereocenters. The summed E-state index contributed by atoms with van der Waals surface area (Å²) in [6.45, 7) is 6.70. The minimum absolute atomic E-state index is 0.177. The fourth-order valence-corrected chi connectivity index (χ4v) is 2.44. The van der Waals surface area contributed by atoms with Gasteiger partial charge in [-0.3, -0.25) is 0 Å². The van der Waals surface area contributed by atoms with E-state index in [9.17, 15) is 4.39 Å². The summed E-state index contributed by atoms with van der Waals surface area (Å²) in [4.78, 5) is 6.45. The summed E-state index contributed by atoms with van der Waals surface area (Å²) >= 11 is 5.95. The highest BCUT2D eigenvalue weighted by Crippen LogP contribution is 2.23. The van der Waals surface area contributed by atoms with Gasteiger partial charge in [0, 0.05) is 24.4 Å². The largest absolute Gasteiger partial charge is 0.402 e. The van der Waals surface area contributed by atoms with E-state index in [1.807, 2.05) is 6.08 Å². The van der Waals surface area contributed by atoms with E-state index in [-0.39, 0.29) is 17.0 Å². The van der Waals surface area contributed by atoms with Crippen LogP contribution < -0.4 is 5.73 Å². The molecule has 0 aliphatic carbocycles. The standard InChI is InChI=1S/C17H19ClFN3/c1-3-15-9-4-12(2)17(21-16(18)10-20)22(15)11-13-5-7-14(19)8-6-13/h4-10,15H,2-3,11,20H2,1H3/b16-10-,21-17?. The quantitative estimate of drug-likeness (QED) is 0.854. The van der Waals surface area contributed by atoms with Crippen molar-refractivity contribution < 1.29 is 4.39 Å². The first-order chi connectivity index (χ1) is 10.5. The second-order valence-electron chi connectivity index (χ2n) is 5.04. The Bertz CT molecular complexity index is 632. The van der Waals surface area contributed by atoms with E-state index in [0.29, 0.717) is 12.4 Å². The van der Waals surface area contributed by atoms with Crippen LogP contribution in [0, 0.1) is 5.82 Å². The Morgan fingerprint density at radius 2 is 2.14 bits per heavy atom. The van der Waals surface area contributed by atoms with Gasteiger partial charge in [0.1, 0.15) is 16.8 Å². The molecular formula is C17H19ClFN3. The molecule has 1 aliphatic heterocycles. The van der Waals surface area contributed by atoms with Crippen molar-refractivity contribution in [1.29, 1.82) is 0 Å². The Labute approximate surface area is 135 Å². The van der Waals surface area contributed by atoms with Gasteiger partial charge in [0.2, 0.25) is 0 Å². The molecule has 22 heavy (non-hydrogen) atoms. The van der Waals surface area contributed by atoms with E-state index in [4.69, 9.17) is 17.3 Å². The number of aliphatic imine (C=N–C) groups is 1. The lowest BCUT2D eigenvalue weighted by molar-refractivity contribution is 0.339. The number of nitrogens with zero attached hydrogens (tertiary/aromatic N) is 2. The van der Waals surface area contributed by atoms with Gasteiger partial charge in [-0.1, -0.05) is 49.4 Å². The lowest BCUT2D eigenvalue weighted by Gasteiger charge is -2.35. The molecule has 116 valence electrons. The van der Waals surface area contributed by atoms with Crippen LogP contribution in [0.25, 0.3) is 0 Å². The van der Waals surface area contributed by atoms with Crippen molar-refractivity contribution in [3.05, 3.63) is 71.3 Å². The van der Waals surface area contributed by atoms with E-state index in [2.05, 4.69) is 29.5 Å². The molecule has 5 heteroatoms. The van der Waals surface area contributed by atoms with Crippen LogP contribution in [0.5, 0.6) is 0 Å². The molecule has 1 aromatic carbocycles. The van der Waals surface area contributed by atoms with Gasteiger partial charge in [-0.25, -0.2) is 9.38 Å². The molecule has 0 bridgehead atoms. The van der Waals surface area contributed by atoms with Crippen LogP contribution in [0.1, 0.15) is 18.9 Å². The summed E-state index contributed by atoms with van der Waals surface area (Å²) < 4.78 is 13.1. The molecule has 3 nitrogen and oxygen atoms in total. The predicted molar refractivity (Wildman–Crippen MR) is 89.9 cm³/mol. The molecular weight excluding hydrogens is 301 g/mol. The zero-order valence-corrected chi connectivity index (χ0v) is 13.2. The molecule has 1 aromatic rings. The Hall–Kier alpha value is -2.07. The fourth-order valence-electron chi connectivity index (χ4n) is 2.36. The lowest BCUT2D eigenvalue weighted by atomic mass is 10.0. The number of hydrogen-bond acceptors (Lipinski definition) is 2. The highest BCUT2D eigenvalue weighted by Gasteiger charge is 2.24. The maximum atomic E-state index is 13.1.